The molecule has 6 heteroatoms. The Bertz CT molecular complexity index is 861. The number of carbonyl (C=O) groups excluding carboxylic acids is 3. The number of hydrogen-bond donors (Lipinski definition) is 1. The van der Waals surface area contributed by atoms with Crippen molar-refractivity contribution in [3.8, 4) is 0 Å². The standard InChI is InChI=1S/C21H22N2O4/c1-3-14-8-10-15(11-9-14)23-13-12-17(20(23)25)19(24)22-18-7-5-4-6-16(18)21(26)27-2/h4-11,17H,3,12-13H2,1-2H3,(H,22,24)/t17-/m0/s1. The number of amides is 2. The van der Waals surface area contributed by atoms with Crippen LogP contribution in [0.5, 0.6) is 0 Å². The number of esters is 1. The molecule has 6 nitrogen and oxygen atoms in total. The maximum atomic E-state index is 12.7. The van der Waals surface area contributed by atoms with Gasteiger partial charge in [-0.3, -0.25) is 9.59 Å². The third-order valence-electron chi connectivity index (χ3n) is 4.77. The van der Waals surface area contributed by atoms with Gasteiger partial charge in [0.2, 0.25) is 11.8 Å². The molecule has 1 atom stereocenters. The van der Waals surface area contributed by atoms with Crippen molar-refractivity contribution in [2.45, 2.75) is 19.8 Å². The molecule has 0 aliphatic carbocycles. The van der Waals surface area contributed by atoms with Crippen LogP contribution in [-0.4, -0.2) is 31.4 Å². The van der Waals surface area contributed by atoms with Crippen molar-refractivity contribution in [1.82, 2.24) is 0 Å². The molecule has 0 bridgehead atoms. The first-order valence-electron chi connectivity index (χ1n) is 8.93. The summed E-state index contributed by atoms with van der Waals surface area (Å²) in [5.41, 5.74) is 2.58. The van der Waals surface area contributed by atoms with E-state index in [1.807, 2.05) is 24.3 Å². The molecule has 2 aromatic rings. The van der Waals surface area contributed by atoms with Crippen LogP contribution in [0.15, 0.2) is 48.5 Å². The second kappa shape index (κ2) is 8.03. The molecule has 1 aliphatic rings. The molecule has 1 aliphatic heterocycles. The van der Waals surface area contributed by atoms with Gasteiger partial charge in [-0.25, -0.2) is 4.79 Å². The molecule has 1 fully saturated rings. The molecular weight excluding hydrogens is 344 g/mol. The topological polar surface area (TPSA) is 75.7 Å². The monoisotopic (exact) mass is 366 g/mol. The van der Waals surface area contributed by atoms with Crippen LogP contribution in [-0.2, 0) is 20.7 Å². The maximum Gasteiger partial charge on any atom is 0.339 e. The molecule has 1 N–H and O–H groups in total. The number of methoxy groups -OCH3 is 1. The molecule has 0 aromatic heterocycles. The van der Waals surface area contributed by atoms with Gasteiger partial charge in [-0.1, -0.05) is 31.2 Å². The fraction of sp³-hybridized carbons (Fsp3) is 0.286. The third kappa shape index (κ3) is 3.84. The van der Waals surface area contributed by atoms with Gasteiger partial charge in [-0.2, -0.15) is 0 Å². The Kier molecular flexibility index (Phi) is 5.54. The Morgan fingerprint density at radius 2 is 1.85 bits per heavy atom. The lowest BCUT2D eigenvalue weighted by molar-refractivity contribution is -0.129. The maximum absolute atomic E-state index is 12.7. The number of ether oxygens (including phenoxy) is 1. The van der Waals surface area contributed by atoms with Crippen LogP contribution in [0, 0.1) is 5.92 Å². The van der Waals surface area contributed by atoms with Crippen LogP contribution in [0.1, 0.15) is 29.3 Å². The number of para-hydroxylation sites is 1. The molecular formula is C21H22N2O4. The van der Waals surface area contributed by atoms with Gasteiger partial charge in [0.1, 0.15) is 5.92 Å². The number of anilines is 2. The normalized spacial score (nSPS) is 16.3. The van der Waals surface area contributed by atoms with Gasteiger partial charge in [-0.05, 0) is 42.7 Å². The summed E-state index contributed by atoms with van der Waals surface area (Å²) in [4.78, 5) is 38.9. The second-order valence-electron chi connectivity index (χ2n) is 6.38. The largest absolute Gasteiger partial charge is 0.465 e. The molecule has 0 unspecified atom stereocenters. The summed E-state index contributed by atoms with van der Waals surface area (Å²) in [5, 5.41) is 2.70. The van der Waals surface area contributed by atoms with E-state index < -0.39 is 17.8 Å². The lowest BCUT2D eigenvalue weighted by atomic mass is 10.1. The summed E-state index contributed by atoms with van der Waals surface area (Å²) in [5.74, 6) is -1.96. The molecule has 0 radical (unpaired) electrons. The van der Waals surface area contributed by atoms with E-state index in [2.05, 4.69) is 12.2 Å². The van der Waals surface area contributed by atoms with E-state index in [4.69, 9.17) is 4.74 Å². The van der Waals surface area contributed by atoms with E-state index in [0.717, 1.165) is 12.1 Å². The van der Waals surface area contributed by atoms with Crippen LogP contribution >= 0.6 is 0 Å². The van der Waals surface area contributed by atoms with Crippen LogP contribution in [0.25, 0.3) is 0 Å². The molecule has 1 heterocycles. The Labute approximate surface area is 158 Å². The molecule has 0 spiro atoms. The van der Waals surface area contributed by atoms with Crippen molar-refractivity contribution in [2.24, 2.45) is 5.92 Å². The quantitative estimate of drug-likeness (QED) is 0.652. The molecule has 3 rings (SSSR count). The van der Waals surface area contributed by atoms with Gasteiger partial charge in [0.25, 0.3) is 0 Å². The van der Waals surface area contributed by atoms with Gasteiger partial charge in [-0.15, -0.1) is 0 Å². The van der Waals surface area contributed by atoms with Crippen molar-refractivity contribution in [3.05, 3.63) is 59.7 Å². The van der Waals surface area contributed by atoms with Gasteiger partial charge in [0, 0.05) is 12.2 Å². The number of rotatable bonds is 5. The lowest BCUT2D eigenvalue weighted by Gasteiger charge is -2.17. The zero-order chi connectivity index (χ0) is 19.4. The highest BCUT2D eigenvalue weighted by atomic mass is 16.5. The predicted octanol–water partition coefficient (Wildman–Crippen LogP) is 3.03. The summed E-state index contributed by atoms with van der Waals surface area (Å²) in [6.45, 7) is 2.56. The van der Waals surface area contributed by atoms with Gasteiger partial charge in [0.15, 0.2) is 0 Å². The first-order chi connectivity index (χ1) is 13.0. The van der Waals surface area contributed by atoms with Crippen LogP contribution in [0.4, 0.5) is 11.4 Å². The van der Waals surface area contributed by atoms with E-state index in [-0.39, 0.29) is 11.5 Å². The van der Waals surface area contributed by atoms with Gasteiger partial charge < -0.3 is 15.0 Å². The first-order valence-corrected chi connectivity index (χ1v) is 8.93. The Morgan fingerprint density at radius 3 is 2.52 bits per heavy atom. The van der Waals surface area contributed by atoms with Gasteiger partial charge >= 0.3 is 5.97 Å². The van der Waals surface area contributed by atoms with E-state index in [1.165, 1.54) is 12.7 Å². The summed E-state index contributed by atoms with van der Waals surface area (Å²) >= 11 is 0. The highest BCUT2D eigenvalue weighted by molar-refractivity contribution is 6.14. The van der Waals surface area contributed by atoms with Crippen LogP contribution < -0.4 is 10.2 Å². The molecule has 1 saturated heterocycles. The molecule has 27 heavy (non-hydrogen) atoms. The minimum atomic E-state index is -0.776. The lowest BCUT2D eigenvalue weighted by Crippen LogP contribution is -2.33. The zero-order valence-corrected chi connectivity index (χ0v) is 15.4. The third-order valence-corrected chi connectivity index (χ3v) is 4.77. The number of aryl methyl sites for hydroxylation is 1. The minimum Gasteiger partial charge on any atom is -0.465 e. The summed E-state index contributed by atoms with van der Waals surface area (Å²) < 4.78 is 4.73. The fourth-order valence-corrected chi connectivity index (χ4v) is 3.19. The average molecular weight is 366 g/mol. The number of nitrogens with zero attached hydrogens (tertiary/aromatic N) is 1. The molecule has 2 aromatic carbocycles. The van der Waals surface area contributed by atoms with E-state index in [1.54, 1.807) is 29.2 Å². The summed E-state index contributed by atoms with van der Waals surface area (Å²) in [6, 6.07) is 14.4. The Hall–Kier alpha value is -3.15. The van der Waals surface area contributed by atoms with E-state index in [9.17, 15) is 14.4 Å². The highest BCUT2D eigenvalue weighted by Gasteiger charge is 2.37. The van der Waals surface area contributed by atoms with Crippen molar-refractivity contribution in [3.63, 3.8) is 0 Å². The number of benzene rings is 2. The second-order valence-corrected chi connectivity index (χ2v) is 6.38. The predicted molar refractivity (Wildman–Crippen MR) is 103 cm³/mol. The number of nitrogens with one attached hydrogen (secondary N) is 1. The van der Waals surface area contributed by atoms with Gasteiger partial charge in [0.05, 0.1) is 18.4 Å². The molecule has 140 valence electrons. The Morgan fingerprint density at radius 1 is 1.15 bits per heavy atom. The summed E-state index contributed by atoms with van der Waals surface area (Å²) in [6.07, 6.45) is 1.36. The van der Waals surface area contributed by atoms with Crippen LogP contribution in [0.3, 0.4) is 0 Å². The SMILES string of the molecule is CCc1ccc(N2CC[C@@H](C(=O)Nc3ccccc3C(=O)OC)C2=O)cc1. The van der Waals surface area contributed by atoms with Crippen molar-refractivity contribution in [1.29, 1.82) is 0 Å². The minimum absolute atomic E-state index is 0.229. The number of carbonyl (C=O) groups is 3. The van der Waals surface area contributed by atoms with Crippen molar-refractivity contribution in [2.75, 3.05) is 23.9 Å². The zero-order valence-electron chi connectivity index (χ0n) is 15.4. The van der Waals surface area contributed by atoms with Crippen molar-refractivity contribution >= 4 is 29.2 Å². The van der Waals surface area contributed by atoms with Crippen molar-refractivity contribution < 1.29 is 19.1 Å². The van der Waals surface area contributed by atoms with Crippen LogP contribution in [0.2, 0.25) is 0 Å². The average Bonchev–Trinajstić information content (AvgIpc) is 3.09. The van der Waals surface area contributed by atoms with E-state index in [0.29, 0.717) is 18.7 Å². The molecule has 2 amide bonds. The fourth-order valence-electron chi connectivity index (χ4n) is 3.19. The molecule has 0 saturated carbocycles. The Balaban J connectivity index is 1.73. The number of hydrogen-bond acceptors (Lipinski definition) is 4. The summed E-state index contributed by atoms with van der Waals surface area (Å²) in [7, 11) is 1.28. The first kappa shape index (κ1) is 18.6. The highest BCUT2D eigenvalue weighted by Crippen LogP contribution is 2.27. The smallest absolute Gasteiger partial charge is 0.339 e. The van der Waals surface area contributed by atoms with E-state index >= 15 is 0 Å².